The van der Waals surface area contributed by atoms with E-state index in [1.165, 1.54) is 17.7 Å². The Kier molecular flexibility index (Phi) is 8.22. The number of rotatable bonds is 10. The van der Waals surface area contributed by atoms with Gasteiger partial charge in [0.1, 0.15) is 17.6 Å². The van der Waals surface area contributed by atoms with E-state index < -0.39 is 29.4 Å². The monoisotopic (exact) mass is 518 g/mol. The molecule has 0 spiro atoms. The number of nitrogens with one attached hydrogen (secondary N) is 1. The van der Waals surface area contributed by atoms with Gasteiger partial charge in [-0.05, 0) is 79.3 Å². The van der Waals surface area contributed by atoms with Gasteiger partial charge in [-0.1, -0.05) is 36.4 Å². The summed E-state index contributed by atoms with van der Waals surface area (Å²) in [7, 11) is 0. The van der Waals surface area contributed by atoms with Crippen molar-refractivity contribution in [2.45, 2.75) is 51.1 Å². The van der Waals surface area contributed by atoms with Crippen LogP contribution in [0, 0.1) is 5.82 Å². The number of nitrogens with two attached hydrogens (primary N) is 1. The highest BCUT2D eigenvalue weighted by atomic mass is 19.1. The molecule has 0 unspecified atom stereocenters. The zero-order chi connectivity index (χ0) is 27.3. The zero-order valence-corrected chi connectivity index (χ0v) is 21.5. The summed E-state index contributed by atoms with van der Waals surface area (Å²) in [5, 5.41) is 3.18. The standard InChI is InChI=1S/C30H31FN2O5/c1-30(2,18-19-3-11-24(31)12-4-19)33-25(13-14-27(32)34)29(36)38-28(35)22-8-5-20(6-9-22)23-10-7-21-15-16-37-26(21)17-23/h3-12,17,25,33H,13-16,18H2,1-2H3,(H2,32,34)/t25-/m0/s1. The molecule has 38 heavy (non-hydrogen) atoms. The van der Waals surface area contributed by atoms with Gasteiger partial charge in [-0.2, -0.15) is 0 Å². The molecule has 0 fully saturated rings. The summed E-state index contributed by atoms with van der Waals surface area (Å²) in [5.41, 5.74) is 8.77. The Labute approximate surface area is 221 Å². The van der Waals surface area contributed by atoms with Gasteiger partial charge in [-0.3, -0.25) is 10.1 Å². The first-order chi connectivity index (χ1) is 18.1. The number of carbonyl (C=O) groups is 3. The van der Waals surface area contributed by atoms with E-state index in [9.17, 15) is 18.8 Å². The van der Waals surface area contributed by atoms with Gasteiger partial charge in [-0.25, -0.2) is 14.0 Å². The molecule has 1 aliphatic rings. The van der Waals surface area contributed by atoms with Gasteiger partial charge < -0.3 is 15.2 Å². The summed E-state index contributed by atoms with van der Waals surface area (Å²) in [5.74, 6) is -1.63. The molecule has 1 amide bonds. The van der Waals surface area contributed by atoms with Crippen LogP contribution in [0.5, 0.6) is 5.75 Å². The van der Waals surface area contributed by atoms with Crippen molar-refractivity contribution in [3.63, 3.8) is 0 Å². The third kappa shape index (κ3) is 7.04. The van der Waals surface area contributed by atoms with E-state index in [2.05, 4.69) is 5.32 Å². The minimum Gasteiger partial charge on any atom is -0.493 e. The Morgan fingerprint density at radius 1 is 1.03 bits per heavy atom. The molecule has 0 radical (unpaired) electrons. The van der Waals surface area contributed by atoms with E-state index >= 15 is 0 Å². The smallest absolute Gasteiger partial charge is 0.345 e. The van der Waals surface area contributed by atoms with Crippen LogP contribution in [0.3, 0.4) is 0 Å². The molecule has 0 aromatic heterocycles. The van der Waals surface area contributed by atoms with Crippen LogP contribution >= 0.6 is 0 Å². The second kappa shape index (κ2) is 11.6. The minimum atomic E-state index is -0.951. The van der Waals surface area contributed by atoms with Crippen molar-refractivity contribution in [2.75, 3.05) is 6.61 Å². The van der Waals surface area contributed by atoms with Gasteiger partial charge in [0.25, 0.3) is 0 Å². The second-order valence-electron chi connectivity index (χ2n) is 10.1. The lowest BCUT2D eigenvalue weighted by molar-refractivity contribution is -0.141. The van der Waals surface area contributed by atoms with Gasteiger partial charge in [0.2, 0.25) is 5.91 Å². The Morgan fingerprint density at radius 3 is 2.39 bits per heavy atom. The van der Waals surface area contributed by atoms with Crippen LogP contribution in [0.15, 0.2) is 66.7 Å². The van der Waals surface area contributed by atoms with Crippen LogP contribution in [-0.4, -0.2) is 36.0 Å². The number of benzene rings is 3. The number of fused-ring (bicyclic) bond motifs is 1. The summed E-state index contributed by atoms with van der Waals surface area (Å²) in [4.78, 5) is 37.2. The van der Waals surface area contributed by atoms with Crippen LogP contribution in [0.25, 0.3) is 11.1 Å². The molecule has 198 valence electrons. The van der Waals surface area contributed by atoms with Gasteiger partial charge in [0.05, 0.1) is 12.2 Å². The number of carbonyl (C=O) groups excluding carboxylic acids is 3. The third-order valence-corrected chi connectivity index (χ3v) is 6.43. The van der Waals surface area contributed by atoms with Gasteiger partial charge in [0, 0.05) is 18.4 Å². The molecule has 1 aliphatic heterocycles. The van der Waals surface area contributed by atoms with Gasteiger partial charge in [-0.15, -0.1) is 0 Å². The van der Waals surface area contributed by atoms with Crippen molar-refractivity contribution in [1.82, 2.24) is 5.32 Å². The van der Waals surface area contributed by atoms with Crippen molar-refractivity contribution in [2.24, 2.45) is 5.73 Å². The SMILES string of the molecule is CC(C)(Cc1ccc(F)cc1)N[C@@H](CCC(N)=O)C(=O)OC(=O)c1ccc(-c2ccc3c(c2)OCC3)cc1. The highest BCUT2D eigenvalue weighted by Crippen LogP contribution is 2.31. The molecule has 7 nitrogen and oxygen atoms in total. The maximum atomic E-state index is 13.3. The fourth-order valence-electron chi connectivity index (χ4n) is 4.54. The first-order valence-electron chi connectivity index (χ1n) is 12.5. The quantitative estimate of drug-likeness (QED) is 0.305. The van der Waals surface area contributed by atoms with Gasteiger partial charge in [0.15, 0.2) is 0 Å². The Morgan fingerprint density at radius 2 is 1.71 bits per heavy atom. The Bertz CT molecular complexity index is 1320. The molecule has 8 heteroatoms. The molecule has 4 rings (SSSR count). The third-order valence-electron chi connectivity index (χ3n) is 6.43. The average Bonchev–Trinajstić information content (AvgIpc) is 3.35. The lowest BCUT2D eigenvalue weighted by atomic mass is 9.93. The van der Waals surface area contributed by atoms with Crippen molar-refractivity contribution >= 4 is 17.8 Å². The number of primary amides is 1. The number of ether oxygens (including phenoxy) is 2. The maximum Gasteiger partial charge on any atom is 0.345 e. The van der Waals surface area contributed by atoms with Crippen LogP contribution in [-0.2, 0) is 27.2 Å². The number of hydrogen-bond acceptors (Lipinski definition) is 6. The average molecular weight is 519 g/mol. The van der Waals surface area contributed by atoms with Crippen LogP contribution < -0.4 is 15.8 Å². The minimum absolute atomic E-state index is 0.0627. The highest BCUT2D eigenvalue weighted by molar-refractivity contribution is 5.98. The number of amides is 1. The predicted octanol–water partition coefficient (Wildman–Crippen LogP) is 4.36. The normalized spacial score (nSPS) is 13.3. The number of halogens is 1. The largest absolute Gasteiger partial charge is 0.493 e. The lowest BCUT2D eigenvalue weighted by Gasteiger charge is -2.31. The lowest BCUT2D eigenvalue weighted by Crippen LogP contribution is -2.51. The van der Waals surface area contributed by atoms with E-state index in [1.807, 2.05) is 32.0 Å². The highest BCUT2D eigenvalue weighted by Gasteiger charge is 2.30. The maximum absolute atomic E-state index is 13.3. The van der Waals surface area contributed by atoms with Crippen molar-refractivity contribution < 1.29 is 28.2 Å². The molecule has 0 aliphatic carbocycles. The summed E-state index contributed by atoms with van der Waals surface area (Å²) in [6, 6.07) is 17.9. The Balaban J connectivity index is 1.42. The van der Waals surface area contributed by atoms with Crippen LogP contribution in [0.4, 0.5) is 4.39 Å². The topological polar surface area (TPSA) is 108 Å². The zero-order valence-electron chi connectivity index (χ0n) is 21.5. The molecule has 0 saturated heterocycles. The molecule has 1 heterocycles. The van der Waals surface area contributed by atoms with Crippen LogP contribution in [0.1, 0.15) is 48.2 Å². The van der Waals surface area contributed by atoms with Crippen molar-refractivity contribution in [3.8, 4) is 16.9 Å². The van der Waals surface area contributed by atoms with E-state index in [4.69, 9.17) is 15.2 Å². The van der Waals surface area contributed by atoms with Crippen molar-refractivity contribution in [3.05, 3.63) is 89.2 Å². The molecule has 3 aromatic carbocycles. The molecule has 3 N–H and O–H groups in total. The fourth-order valence-corrected chi connectivity index (χ4v) is 4.54. The Hall–Kier alpha value is -4.04. The summed E-state index contributed by atoms with van der Waals surface area (Å²) >= 11 is 0. The van der Waals surface area contributed by atoms with E-state index in [0.717, 1.165) is 28.9 Å². The number of hydrogen-bond donors (Lipinski definition) is 2. The van der Waals surface area contributed by atoms with E-state index in [0.29, 0.717) is 13.0 Å². The first kappa shape index (κ1) is 27.0. The number of esters is 2. The molecular weight excluding hydrogens is 487 g/mol. The molecule has 3 aromatic rings. The second-order valence-corrected chi connectivity index (χ2v) is 10.1. The summed E-state index contributed by atoms with van der Waals surface area (Å²) < 4.78 is 24.1. The fraction of sp³-hybridized carbons (Fsp3) is 0.300. The van der Waals surface area contributed by atoms with Crippen molar-refractivity contribution in [1.29, 1.82) is 0 Å². The van der Waals surface area contributed by atoms with Gasteiger partial charge >= 0.3 is 11.9 Å². The predicted molar refractivity (Wildman–Crippen MR) is 141 cm³/mol. The summed E-state index contributed by atoms with van der Waals surface area (Å²) in [6.07, 6.45) is 1.37. The molecule has 1 atom stereocenters. The molecular formula is C30H31FN2O5. The molecule has 0 bridgehead atoms. The van der Waals surface area contributed by atoms with Crippen LogP contribution in [0.2, 0.25) is 0 Å². The summed E-state index contributed by atoms with van der Waals surface area (Å²) in [6.45, 7) is 4.41. The first-order valence-corrected chi connectivity index (χ1v) is 12.5. The van der Waals surface area contributed by atoms with E-state index in [1.54, 1.807) is 36.4 Å². The van der Waals surface area contributed by atoms with E-state index in [-0.39, 0.29) is 24.2 Å². The molecule has 0 saturated carbocycles.